The number of hydrogen-bond acceptors (Lipinski definition) is 5. The molecule has 0 aliphatic heterocycles. The molecule has 0 saturated carbocycles. The van der Waals surface area contributed by atoms with E-state index in [1.807, 2.05) is 7.05 Å². The second-order valence-electron chi connectivity index (χ2n) is 14.1. The van der Waals surface area contributed by atoms with Gasteiger partial charge in [-0.25, -0.2) is 0 Å². The Balaban J connectivity index is 3.36. The molecule has 0 aliphatic carbocycles. The van der Waals surface area contributed by atoms with Crippen LogP contribution in [0.2, 0.25) is 0 Å². The number of unbranched alkanes of at least 4 members (excludes halogenated alkanes) is 28. The molecule has 0 aliphatic rings. The highest BCUT2D eigenvalue weighted by Gasteiger charge is 2.16. The fourth-order valence-electron chi connectivity index (χ4n) is 6.17. The molecule has 0 N–H and O–H groups in total. The highest BCUT2D eigenvalue weighted by atomic mass is 16.5. The van der Waals surface area contributed by atoms with E-state index < -0.39 is 0 Å². The Morgan fingerprint density at radius 1 is 0.435 bits per heavy atom. The number of esters is 2. The van der Waals surface area contributed by atoms with Crippen LogP contribution in [0.1, 0.15) is 219 Å². The third-order valence-electron chi connectivity index (χ3n) is 9.44. The van der Waals surface area contributed by atoms with Gasteiger partial charge < -0.3 is 9.47 Å². The molecule has 0 saturated heterocycles. The van der Waals surface area contributed by atoms with Crippen LogP contribution in [0.3, 0.4) is 0 Å². The Morgan fingerprint density at radius 2 is 0.717 bits per heavy atom. The quantitative estimate of drug-likeness (QED) is 0.0378. The molecule has 0 spiro atoms. The van der Waals surface area contributed by atoms with Crippen molar-refractivity contribution in [1.29, 1.82) is 0 Å². The predicted octanol–water partition coefficient (Wildman–Crippen LogP) is 12.5. The molecule has 273 valence electrons. The van der Waals surface area contributed by atoms with Gasteiger partial charge in [-0.05, 0) is 19.9 Å². The number of hydrogen-bond donors (Lipinski definition) is 0. The van der Waals surface area contributed by atoms with E-state index in [1.165, 1.54) is 167 Å². The predicted molar refractivity (Wildman–Crippen MR) is 199 cm³/mol. The first-order chi connectivity index (χ1) is 22.6. The van der Waals surface area contributed by atoms with Crippen molar-refractivity contribution in [3.05, 3.63) is 0 Å². The number of nitrogens with zero attached hydrogens (tertiary/aromatic N) is 1. The summed E-state index contributed by atoms with van der Waals surface area (Å²) < 4.78 is 10.8. The average Bonchev–Trinajstić information content (AvgIpc) is 3.04. The molecule has 0 rings (SSSR count). The van der Waals surface area contributed by atoms with Crippen LogP contribution < -0.4 is 0 Å². The maximum atomic E-state index is 12.0. The topological polar surface area (TPSA) is 58.7 Å². The lowest BCUT2D eigenvalue weighted by atomic mass is 10.0. The highest BCUT2D eigenvalue weighted by molar-refractivity contribution is 5.69. The fraction of sp³-hybridized carbons (Fsp3) is 0.951. The molecular weight excluding hydrogens is 570 g/mol. The Bertz CT molecular complexity index is 574. The van der Waals surface area contributed by atoms with Crippen LogP contribution in [0, 0.1) is 0 Å². The third-order valence-corrected chi connectivity index (χ3v) is 9.44. The van der Waals surface area contributed by atoms with Gasteiger partial charge in [-0.2, -0.15) is 0 Å². The number of carbonyl (C=O) groups excluding carboxylic acids is 2. The minimum Gasteiger partial charge on any atom is -0.464 e. The van der Waals surface area contributed by atoms with E-state index in [-0.39, 0.29) is 11.9 Å². The summed E-state index contributed by atoms with van der Waals surface area (Å²) >= 11 is 0. The lowest BCUT2D eigenvalue weighted by molar-refractivity contribution is -0.144. The van der Waals surface area contributed by atoms with Gasteiger partial charge in [-0.3, -0.25) is 9.69 Å². The average molecular weight is 652 g/mol. The molecular formula is C41H81NO4+. The Labute approximate surface area is 288 Å². The Hall–Kier alpha value is -1.10. The zero-order valence-electron chi connectivity index (χ0n) is 31.5. The first-order valence-corrected chi connectivity index (χ1v) is 20.6. The van der Waals surface area contributed by atoms with Crippen LogP contribution in [-0.4, -0.2) is 50.2 Å². The molecule has 0 aromatic heterocycles. The van der Waals surface area contributed by atoms with Gasteiger partial charge in [-0.1, -0.05) is 194 Å². The van der Waals surface area contributed by atoms with Gasteiger partial charge in [0.15, 0.2) is 6.61 Å². The molecule has 5 heteroatoms. The van der Waals surface area contributed by atoms with Gasteiger partial charge in [0.05, 0.1) is 6.54 Å². The van der Waals surface area contributed by atoms with Crippen LogP contribution in [-0.2, 0) is 19.1 Å². The van der Waals surface area contributed by atoms with E-state index in [1.54, 1.807) is 0 Å². The first kappa shape index (κ1) is 44.9. The van der Waals surface area contributed by atoms with E-state index in [2.05, 4.69) is 18.7 Å². The summed E-state index contributed by atoms with van der Waals surface area (Å²) in [5, 5.41) is 0. The van der Waals surface area contributed by atoms with Gasteiger partial charge in [-0.15, -0.1) is 0 Å². The number of carbonyl (C=O) groups is 2. The summed E-state index contributed by atoms with van der Waals surface area (Å²) in [7, 11) is 1.98. The van der Waals surface area contributed by atoms with Crippen molar-refractivity contribution >= 4 is 11.9 Å². The minimum atomic E-state index is -0.0852. The smallest absolute Gasteiger partial charge is 0.464 e. The van der Waals surface area contributed by atoms with E-state index >= 15 is 0 Å². The summed E-state index contributed by atoms with van der Waals surface area (Å²) in [6, 6.07) is 0. The maximum Gasteiger partial charge on any atom is 0.574 e. The zero-order valence-corrected chi connectivity index (χ0v) is 31.5. The van der Waals surface area contributed by atoms with Gasteiger partial charge in [0.2, 0.25) is 0 Å². The molecule has 0 heterocycles. The number of ether oxygens (including phenoxy) is 2. The van der Waals surface area contributed by atoms with Crippen molar-refractivity contribution in [2.24, 2.45) is 0 Å². The molecule has 1 radical (unpaired) electrons. The first-order valence-electron chi connectivity index (χ1n) is 20.6. The largest absolute Gasteiger partial charge is 0.574 e. The molecule has 0 aromatic carbocycles. The van der Waals surface area contributed by atoms with Gasteiger partial charge in [0.1, 0.15) is 13.0 Å². The van der Waals surface area contributed by atoms with Gasteiger partial charge in [0.25, 0.3) is 0 Å². The monoisotopic (exact) mass is 652 g/mol. The standard InChI is InChI=1S/C41H81NO4/c1-4-6-8-10-12-14-16-18-20-22-24-26-28-30-32-34-40(43)45-38-36-42(3)37-39-46-41(44)35-33-31-29-27-25-23-21-19-17-15-13-11-9-7-5-2/h4-39H2,1-3H3/q+1. The van der Waals surface area contributed by atoms with Crippen LogP contribution in [0.4, 0.5) is 0 Å². The molecule has 0 fully saturated rings. The van der Waals surface area contributed by atoms with Crippen molar-refractivity contribution in [1.82, 2.24) is 4.90 Å². The van der Waals surface area contributed by atoms with Gasteiger partial charge in [0, 0.05) is 17.8 Å². The highest BCUT2D eigenvalue weighted by Crippen LogP contribution is 2.15. The normalized spacial score (nSPS) is 11.4. The zero-order chi connectivity index (χ0) is 33.6. The summed E-state index contributed by atoms with van der Waals surface area (Å²) in [6.07, 6.45) is 40.9. The Kier molecular flexibility index (Phi) is 37.4. The maximum absolute atomic E-state index is 12.0. The van der Waals surface area contributed by atoms with Gasteiger partial charge >= 0.3 is 11.9 Å². The van der Waals surface area contributed by atoms with Crippen molar-refractivity contribution in [3.63, 3.8) is 0 Å². The minimum absolute atomic E-state index is 0.0852. The molecule has 0 bridgehead atoms. The van der Waals surface area contributed by atoms with E-state index in [4.69, 9.17) is 9.47 Å². The summed E-state index contributed by atoms with van der Waals surface area (Å²) in [6.45, 7) is 6.70. The van der Waals surface area contributed by atoms with Crippen molar-refractivity contribution in [3.8, 4) is 0 Å². The summed E-state index contributed by atoms with van der Waals surface area (Å²) in [5.74, 6) is -0.170. The van der Waals surface area contributed by atoms with Crippen LogP contribution in [0.25, 0.3) is 0 Å². The van der Waals surface area contributed by atoms with Crippen molar-refractivity contribution in [2.45, 2.75) is 219 Å². The molecule has 46 heavy (non-hydrogen) atoms. The lowest BCUT2D eigenvalue weighted by Gasteiger charge is -2.14. The van der Waals surface area contributed by atoms with Crippen LogP contribution in [0.5, 0.6) is 0 Å². The van der Waals surface area contributed by atoms with E-state index in [0.29, 0.717) is 39.1 Å². The molecule has 0 unspecified atom stereocenters. The third kappa shape index (κ3) is 37.4. The molecule has 5 nitrogen and oxygen atoms in total. The number of likely N-dealkylation sites (N-methyl/N-ethyl adjacent to an activating group) is 1. The summed E-state index contributed by atoms with van der Waals surface area (Å²) in [4.78, 5) is 26.1. The van der Waals surface area contributed by atoms with Crippen LogP contribution >= 0.6 is 0 Å². The fourth-order valence-corrected chi connectivity index (χ4v) is 6.17. The molecule has 0 aromatic rings. The SMILES string of the molecule is CCCCCCCCCCCCCCCCCC(=O)OCCN(C)CCOC(=[O+])CCCCCCCCCCCCCCCCC. The summed E-state index contributed by atoms with van der Waals surface area (Å²) in [5.41, 5.74) is 0. The molecule has 0 atom stereocenters. The number of rotatable bonds is 38. The second kappa shape index (κ2) is 38.3. The lowest BCUT2D eigenvalue weighted by Crippen LogP contribution is -2.28. The van der Waals surface area contributed by atoms with Crippen molar-refractivity contribution in [2.75, 3.05) is 33.4 Å². The molecule has 0 amide bonds. The van der Waals surface area contributed by atoms with Crippen molar-refractivity contribution < 1.29 is 19.1 Å². The van der Waals surface area contributed by atoms with Crippen LogP contribution in [0.15, 0.2) is 0 Å². The second-order valence-corrected chi connectivity index (χ2v) is 14.1. The van der Waals surface area contributed by atoms with E-state index in [0.717, 1.165) is 25.7 Å². The Morgan fingerprint density at radius 3 is 1.07 bits per heavy atom. The van der Waals surface area contributed by atoms with E-state index in [9.17, 15) is 9.59 Å².